The van der Waals surface area contributed by atoms with E-state index in [4.69, 9.17) is 23.2 Å². The number of hydrogen-bond acceptors (Lipinski definition) is 4. The zero-order chi connectivity index (χ0) is 19.6. The molecule has 3 aromatic rings. The Morgan fingerprint density at radius 2 is 1.74 bits per heavy atom. The van der Waals surface area contributed by atoms with Gasteiger partial charge < -0.3 is 5.32 Å². The molecule has 0 aliphatic heterocycles. The summed E-state index contributed by atoms with van der Waals surface area (Å²) in [6.45, 7) is 6.02. The van der Waals surface area contributed by atoms with Gasteiger partial charge in [-0.25, -0.2) is 0 Å². The summed E-state index contributed by atoms with van der Waals surface area (Å²) < 4.78 is 1.95. The van der Waals surface area contributed by atoms with Gasteiger partial charge in [-0.05, 0) is 62.2 Å². The number of aryl methyl sites for hydroxylation is 3. The Hall–Kier alpha value is -2.02. The number of carbonyl (C=O) groups excluding carboxylic acids is 1. The third-order valence-electron chi connectivity index (χ3n) is 4.02. The van der Waals surface area contributed by atoms with Crippen molar-refractivity contribution in [1.29, 1.82) is 0 Å². The molecule has 1 aromatic heterocycles. The molecule has 1 N–H and O–H groups in total. The van der Waals surface area contributed by atoms with Crippen molar-refractivity contribution >= 4 is 46.6 Å². The molecule has 1 heterocycles. The molecular formula is C19H18Cl2N4OS. The van der Waals surface area contributed by atoms with Gasteiger partial charge in [0.1, 0.15) is 5.82 Å². The van der Waals surface area contributed by atoms with Crippen LogP contribution < -0.4 is 5.32 Å². The lowest BCUT2D eigenvalue weighted by Crippen LogP contribution is -2.14. The van der Waals surface area contributed by atoms with Gasteiger partial charge in [0.05, 0.1) is 5.75 Å². The van der Waals surface area contributed by atoms with Crippen LogP contribution in [0.4, 0.5) is 5.69 Å². The molecule has 27 heavy (non-hydrogen) atoms. The maximum absolute atomic E-state index is 12.3. The molecule has 5 nitrogen and oxygen atoms in total. The van der Waals surface area contributed by atoms with Crippen LogP contribution in [0, 0.1) is 20.8 Å². The second-order valence-electron chi connectivity index (χ2n) is 6.13. The van der Waals surface area contributed by atoms with E-state index in [0.29, 0.717) is 20.9 Å². The standard InChI is InChI=1S/C19H18Cl2N4OS/c1-11-4-5-17(6-12(11)2)25-13(3)23-24-19(25)27-10-18(26)22-16-8-14(20)7-15(21)9-16/h4-9H,10H2,1-3H3,(H,22,26). The molecule has 0 atom stereocenters. The molecule has 0 aliphatic carbocycles. The third kappa shape index (κ3) is 4.83. The lowest BCUT2D eigenvalue weighted by atomic mass is 10.1. The van der Waals surface area contributed by atoms with Gasteiger partial charge in [0.2, 0.25) is 5.91 Å². The normalized spacial score (nSPS) is 10.9. The fourth-order valence-corrected chi connectivity index (χ4v) is 3.88. The van der Waals surface area contributed by atoms with Gasteiger partial charge in [-0.1, -0.05) is 41.0 Å². The van der Waals surface area contributed by atoms with E-state index in [9.17, 15) is 4.79 Å². The summed E-state index contributed by atoms with van der Waals surface area (Å²) in [6.07, 6.45) is 0. The summed E-state index contributed by atoms with van der Waals surface area (Å²) in [5, 5.41) is 12.7. The van der Waals surface area contributed by atoms with Gasteiger partial charge >= 0.3 is 0 Å². The molecule has 3 rings (SSSR count). The van der Waals surface area contributed by atoms with Crippen molar-refractivity contribution in [3.05, 3.63) is 63.4 Å². The number of anilines is 1. The largest absolute Gasteiger partial charge is 0.325 e. The number of thioether (sulfide) groups is 1. The number of nitrogens with zero attached hydrogens (tertiary/aromatic N) is 3. The van der Waals surface area contributed by atoms with Crippen LogP contribution in [0.25, 0.3) is 5.69 Å². The second kappa shape index (κ2) is 8.33. The van der Waals surface area contributed by atoms with E-state index in [0.717, 1.165) is 11.5 Å². The van der Waals surface area contributed by atoms with Crippen LogP contribution in [-0.2, 0) is 4.79 Å². The summed E-state index contributed by atoms with van der Waals surface area (Å²) in [7, 11) is 0. The van der Waals surface area contributed by atoms with Gasteiger partial charge in [0, 0.05) is 21.4 Å². The van der Waals surface area contributed by atoms with E-state index in [-0.39, 0.29) is 11.7 Å². The first-order valence-electron chi connectivity index (χ1n) is 8.22. The first-order chi connectivity index (χ1) is 12.8. The molecule has 140 valence electrons. The molecule has 0 saturated heterocycles. The van der Waals surface area contributed by atoms with Gasteiger partial charge in [-0.3, -0.25) is 9.36 Å². The van der Waals surface area contributed by atoms with Gasteiger partial charge in [0.25, 0.3) is 0 Å². The zero-order valence-electron chi connectivity index (χ0n) is 15.1. The number of carbonyl (C=O) groups is 1. The molecule has 0 unspecified atom stereocenters. The lowest BCUT2D eigenvalue weighted by Gasteiger charge is -2.11. The highest BCUT2D eigenvalue weighted by Gasteiger charge is 2.14. The summed E-state index contributed by atoms with van der Waals surface area (Å²) >= 11 is 13.2. The Morgan fingerprint density at radius 3 is 2.41 bits per heavy atom. The van der Waals surface area contributed by atoms with Crippen LogP contribution in [0.15, 0.2) is 41.6 Å². The van der Waals surface area contributed by atoms with Crippen LogP contribution in [0.5, 0.6) is 0 Å². The molecule has 0 radical (unpaired) electrons. The number of halogens is 2. The zero-order valence-corrected chi connectivity index (χ0v) is 17.4. The highest BCUT2D eigenvalue weighted by atomic mass is 35.5. The Bertz CT molecular complexity index is 983. The average Bonchev–Trinajstić information content (AvgIpc) is 2.95. The molecule has 1 amide bonds. The van der Waals surface area contributed by atoms with E-state index in [1.165, 1.54) is 22.9 Å². The molecule has 0 aliphatic rings. The Morgan fingerprint density at radius 1 is 1.04 bits per heavy atom. The number of hydrogen-bond donors (Lipinski definition) is 1. The lowest BCUT2D eigenvalue weighted by molar-refractivity contribution is -0.113. The second-order valence-corrected chi connectivity index (χ2v) is 7.94. The van der Waals surface area contributed by atoms with Crippen molar-refractivity contribution in [3.8, 4) is 5.69 Å². The minimum Gasteiger partial charge on any atom is -0.325 e. The van der Waals surface area contributed by atoms with E-state index >= 15 is 0 Å². The third-order valence-corrected chi connectivity index (χ3v) is 5.39. The van der Waals surface area contributed by atoms with Gasteiger partial charge in [-0.2, -0.15) is 0 Å². The topological polar surface area (TPSA) is 59.8 Å². The molecule has 0 fully saturated rings. The van der Waals surface area contributed by atoms with Crippen LogP contribution in [0.1, 0.15) is 17.0 Å². The molecule has 0 bridgehead atoms. The summed E-state index contributed by atoms with van der Waals surface area (Å²) in [5.74, 6) is 0.779. The number of aromatic nitrogens is 3. The van der Waals surface area contributed by atoms with Crippen molar-refractivity contribution < 1.29 is 4.79 Å². The Labute approximate surface area is 172 Å². The number of amides is 1. The number of benzene rings is 2. The van der Waals surface area contributed by atoms with Crippen molar-refractivity contribution in [2.24, 2.45) is 0 Å². The van der Waals surface area contributed by atoms with Crippen molar-refractivity contribution in [2.75, 3.05) is 11.1 Å². The van der Waals surface area contributed by atoms with Crippen molar-refractivity contribution in [2.45, 2.75) is 25.9 Å². The minimum absolute atomic E-state index is 0.175. The summed E-state index contributed by atoms with van der Waals surface area (Å²) in [5.41, 5.74) is 3.94. The SMILES string of the molecule is Cc1ccc(-n2c(C)nnc2SCC(=O)Nc2cc(Cl)cc(Cl)c2)cc1C. The molecule has 0 spiro atoms. The fraction of sp³-hybridized carbons (Fsp3) is 0.211. The molecule has 0 saturated carbocycles. The van der Waals surface area contributed by atoms with Gasteiger partial charge in [0.15, 0.2) is 5.16 Å². The molecular weight excluding hydrogens is 403 g/mol. The van der Waals surface area contributed by atoms with E-state index in [1.807, 2.05) is 17.6 Å². The van der Waals surface area contributed by atoms with Crippen molar-refractivity contribution in [1.82, 2.24) is 14.8 Å². The Kier molecular flexibility index (Phi) is 6.09. The van der Waals surface area contributed by atoms with E-state index in [2.05, 4.69) is 41.5 Å². The maximum atomic E-state index is 12.3. The maximum Gasteiger partial charge on any atom is 0.234 e. The van der Waals surface area contributed by atoms with Crippen LogP contribution in [0.3, 0.4) is 0 Å². The molecule has 8 heteroatoms. The summed E-state index contributed by atoms with van der Waals surface area (Å²) in [6, 6.07) is 11.1. The monoisotopic (exact) mass is 420 g/mol. The van der Waals surface area contributed by atoms with Crippen LogP contribution in [-0.4, -0.2) is 26.4 Å². The first-order valence-corrected chi connectivity index (χ1v) is 9.96. The van der Waals surface area contributed by atoms with E-state index < -0.39 is 0 Å². The first kappa shape index (κ1) is 19.7. The Balaban J connectivity index is 1.73. The van der Waals surface area contributed by atoms with Crippen LogP contribution >= 0.6 is 35.0 Å². The van der Waals surface area contributed by atoms with E-state index in [1.54, 1.807) is 18.2 Å². The summed E-state index contributed by atoms with van der Waals surface area (Å²) in [4.78, 5) is 12.3. The number of nitrogens with one attached hydrogen (secondary N) is 1. The van der Waals surface area contributed by atoms with Crippen molar-refractivity contribution in [3.63, 3.8) is 0 Å². The highest BCUT2D eigenvalue weighted by Crippen LogP contribution is 2.25. The van der Waals surface area contributed by atoms with Crippen LogP contribution in [0.2, 0.25) is 10.0 Å². The number of rotatable bonds is 5. The highest BCUT2D eigenvalue weighted by molar-refractivity contribution is 7.99. The smallest absolute Gasteiger partial charge is 0.234 e. The fourth-order valence-electron chi connectivity index (χ4n) is 2.55. The average molecular weight is 421 g/mol. The predicted molar refractivity (Wildman–Crippen MR) is 111 cm³/mol. The van der Waals surface area contributed by atoms with Gasteiger partial charge in [-0.15, -0.1) is 10.2 Å². The molecule has 2 aromatic carbocycles. The minimum atomic E-state index is -0.175. The quantitative estimate of drug-likeness (QED) is 0.573. The predicted octanol–water partition coefficient (Wildman–Crippen LogP) is 5.23.